The molecule has 2 aromatic rings. The first kappa shape index (κ1) is 12.7. The molecule has 2 saturated heterocycles. The summed E-state index contributed by atoms with van der Waals surface area (Å²) >= 11 is 0. The van der Waals surface area contributed by atoms with Crippen LogP contribution in [0, 0.1) is 11.6 Å². The molecule has 0 amide bonds. The van der Waals surface area contributed by atoms with Gasteiger partial charge in [-0.25, -0.2) is 8.78 Å². The maximum absolute atomic E-state index is 13.1. The van der Waals surface area contributed by atoms with Crippen LogP contribution in [0.4, 0.5) is 8.78 Å². The fourth-order valence-corrected chi connectivity index (χ4v) is 3.99. The average Bonchev–Trinajstić information content (AvgIpc) is 3.40. The number of hydrogen-bond donors (Lipinski definition) is 0. The van der Waals surface area contributed by atoms with Gasteiger partial charge < -0.3 is 9.47 Å². The van der Waals surface area contributed by atoms with Gasteiger partial charge in [-0.3, -0.25) is 0 Å². The summed E-state index contributed by atoms with van der Waals surface area (Å²) in [6, 6.07) is 13.1. The van der Waals surface area contributed by atoms with Gasteiger partial charge in [0.2, 0.25) is 0 Å². The molecule has 2 nitrogen and oxygen atoms in total. The minimum Gasteiger partial charge on any atom is -0.358 e. The Balaban J connectivity index is 1.44. The third-order valence-electron chi connectivity index (χ3n) is 5.29. The highest BCUT2D eigenvalue weighted by Crippen LogP contribution is 2.68. The molecule has 22 heavy (non-hydrogen) atoms. The van der Waals surface area contributed by atoms with Crippen LogP contribution in [0.25, 0.3) is 0 Å². The summed E-state index contributed by atoms with van der Waals surface area (Å²) in [5.41, 5.74) is 1.39. The van der Waals surface area contributed by atoms with Crippen molar-refractivity contribution in [2.45, 2.75) is 36.3 Å². The topological polar surface area (TPSA) is 25.1 Å². The van der Waals surface area contributed by atoms with E-state index in [1.54, 1.807) is 24.3 Å². The van der Waals surface area contributed by atoms with Crippen LogP contribution in [0.3, 0.4) is 0 Å². The number of epoxide rings is 2. The number of benzene rings is 2. The van der Waals surface area contributed by atoms with Crippen molar-refractivity contribution in [1.82, 2.24) is 0 Å². The molecule has 2 heterocycles. The molecule has 0 aromatic heterocycles. The normalized spacial score (nSPS) is 38.1. The van der Waals surface area contributed by atoms with E-state index in [4.69, 9.17) is 9.47 Å². The van der Waals surface area contributed by atoms with Crippen molar-refractivity contribution in [2.75, 3.05) is 0 Å². The molecule has 5 rings (SSSR count). The van der Waals surface area contributed by atoms with Gasteiger partial charge in [-0.15, -0.1) is 0 Å². The highest BCUT2D eigenvalue weighted by Gasteiger charge is 2.77. The number of halogens is 2. The summed E-state index contributed by atoms with van der Waals surface area (Å²) in [5.74, 6) is -0.479. The molecule has 0 bridgehead atoms. The van der Waals surface area contributed by atoms with Gasteiger partial charge in [0.1, 0.15) is 35.0 Å². The lowest BCUT2D eigenvalue weighted by molar-refractivity contribution is 0.220. The van der Waals surface area contributed by atoms with Gasteiger partial charge in [0.05, 0.1) is 0 Å². The van der Waals surface area contributed by atoms with E-state index in [9.17, 15) is 8.78 Å². The van der Waals surface area contributed by atoms with Gasteiger partial charge in [-0.05, 0) is 48.2 Å². The van der Waals surface area contributed by atoms with Crippen molar-refractivity contribution < 1.29 is 18.3 Å². The lowest BCUT2D eigenvalue weighted by Gasteiger charge is -2.22. The summed E-state index contributed by atoms with van der Waals surface area (Å²) < 4.78 is 38.2. The molecule has 0 radical (unpaired) electrons. The molecular formula is C18H14F2O2. The number of hydrogen-bond acceptors (Lipinski definition) is 2. The van der Waals surface area contributed by atoms with E-state index in [1.807, 2.05) is 0 Å². The minimum atomic E-state index is -0.321. The van der Waals surface area contributed by atoms with E-state index in [0.29, 0.717) is 0 Å². The lowest BCUT2D eigenvalue weighted by atomic mass is 9.76. The van der Waals surface area contributed by atoms with E-state index in [1.165, 1.54) is 24.3 Å². The van der Waals surface area contributed by atoms with Gasteiger partial charge in [-0.1, -0.05) is 24.3 Å². The fraction of sp³-hybridized carbons (Fsp3) is 0.333. The van der Waals surface area contributed by atoms with E-state index >= 15 is 0 Å². The van der Waals surface area contributed by atoms with E-state index < -0.39 is 0 Å². The molecule has 2 aromatic carbocycles. The van der Waals surface area contributed by atoms with Crippen molar-refractivity contribution in [3.8, 4) is 0 Å². The van der Waals surface area contributed by atoms with Crippen LogP contribution in [-0.2, 0) is 20.7 Å². The summed E-state index contributed by atoms with van der Waals surface area (Å²) in [4.78, 5) is 0. The second-order valence-electron chi connectivity index (χ2n) is 6.37. The van der Waals surface area contributed by atoms with Crippen molar-refractivity contribution in [3.05, 3.63) is 71.3 Å². The van der Waals surface area contributed by atoms with Crippen LogP contribution in [0.1, 0.15) is 24.0 Å². The Hall–Kier alpha value is -1.78. The molecule has 2 aliphatic heterocycles. The van der Waals surface area contributed by atoms with Crippen molar-refractivity contribution >= 4 is 0 Å². The summed E-state index contributed by atoms with van der Waals surface area (Å²) in [6.07, 6.45) is 1.68. The van der Waals surface area contributed by atoms with Crippen LogP contribution in [0.15, 0.2) is 48.5 Å². The van der Waals surface area contributed by atoms with E-state index in [2.05, 4.69) is 0 Å². The molecule has 3 aliphatic rings. The standard InChI is InChI=1S/C18H14F2O2/c19-13-5-1-11(2-6-13)17-9-10-18(16(22-18)15(17)21-17)12-3-7-14(20)8-4-12/h1-8,15-16H,9-10H2/t15-,16+,17-,18+. The third kappa shape index (κ3) is 1.54. The highest BCUT2D eigenvalue weighted by atomic mass is 19.1. The molecule has 4 atom stereocenters. The molecule has 1 aliphatic carbocycles. The van der Waals surface area contributed by atoms with Crippen LogP contribution in [0.5, 0.6) is 0 Å². The Bertz CT molecular complexity index is 677. The Morgan fingerprint density at radius 1 is 0.682 bits per heavy atom. The van der Waals surface area contributed by atoms with Crippen molar-refractivity contribution in [3.63, 3.8) is 0 Å². The molecule has 4 heteroatoms. The fourth-order valence-electron chi connectivity index (χ4n) is 3.99. The monoisotopic (exact) mass is 300 g/mol. The maximum atomic E-state index is 13.1. The van der Waals surface area contributed by atoms with Gasteiger partial charge in [0.25, 0.3) is 0 Å². The third-order valence-corrected chi connectivity index (χ3v) is 5.29. The molecular weight excluding hydrogens is 286 g/mol. The zero-order valence-corrected chi connectivity index (χ0v) is 11.8. The second kappa shape index (κ2) is 3.94. The number of ether oxygens (including phenoxy) is 2. The molecule has 3 fully saturated rings. The first-order chi connectivity index (χ1) is 10.6. The maximum Gasteiger partial charge on any atom is 0.123 e. The Morgan fingerprint density at radius 3 is 1.41 bits per heavy atom. The summed E-state index contributed by atoms with van der Waals surface area (Å²) in [5, 5.41) is 0. The SMILES string of the molecule is Fc1ccc([C@@]23CC[C@]4(c5ccc(F)cc5)O[C@@H]4[C@@H]2O3)cc1. The van der Waals surface area contributed by atoms with E-state index in [-0.39, 0.29) is 35.0 Å². The zero-order valence-electron chi connectivity index (χ0n) is 11.8. The van der Waals surface area contributed by atoms with Crippen LogP contribution in [-0.4, -0.2) is 12.2 Å². The zero-order chi connectivity index (χ0) is 14.9. The first-order valence-electron chi connectivity index (χ1n) is 7.52. The highest BCUT2D eigenvalue weighted by molar-refractivity contribution is 5.40. The van der Waals surface area contributed by atoms with Gasteiger partial charge in [-0.2, -0.15) is 0 Å². The van der Waals surface area contributed by atoms with Gasteiger partial charge in [0, 0.05) is 0 Å². The minimum absolute atomic E-state index is 0.0109. The van der Waals surface area contributed by atoms with Crippen molar-refractivity contribution in [2.24, 2.45) is 0 Å². The van der Waals surface area contributed by atoms with Gasteiger partial charge >= 0.3 is 0 Å². The molecule has 112 valence electrons. The molecule has 0 spiro atoms. The van der Waals surface area contributed by atoms with Gasteiger partial charge in [0.15, 0.2) is 0 Å². The number of rotatable bonds is 2. The van der Waals surface area contributed by atoms with E-state index in [0.717, 1.165) is 24.0 Å². The Labute approximate surface area is 126 Å². The van der Waals surface area contributed by atoms with Crippen LogP contribution >= 0.6 is 0 Å². The average molecular weight is 300 g/mol. The first-order valence-corrected chi connectivity index (χ1v) is 7.52. The number of fused-ring (bicyclic) bond motifs is 3. The lowest BCUT2D eigenvalue weighted by Crippen LogP contribution is -2.29. The smallest absolute Gasteiger partial charge is 0.123 e. The Kier molecular flexibility index (Phi) is 2.28. The molecule has 0 N–H and O–H groups in total. The summed E-state index contributed by atoms with van der Waals surface area (Å²) in [7, 11) is 0. The largest absolute Gasteiger partial charge is 0.358 e. The Morgan fingerprint density at radius 2 is 1.05 bits per heavy atom. The van der Waals surface area contributed by atoms with Crippen molar-refractivity contribution in [1.29, 1.82) is 0 Å². The second-order valence-corrected chi connectivity index (χ2v) is 6.37. The van der Waals surface area contributed by atoms with Crippen LogP contribution < -0.4 is 0 Å². The van der Waals surface area contributed by atoms with Crippen LogP contribution in [0.2, 0.25) is 0 Å². The predicted molar refractivity (Wildman–Crippen MR) is 75.1 cm³/mol. The summed E-state index contributed by atoms with van der Waals surface area (Å²) in [6.45, 7) is 0. The quantitative estimate of drug-likeness (QED) is 0.791. The molecule has 0 unspecified atom stereocenters. The molecule has 1 saturated carbocycles. The predicted octanol–water partition coefficient (Wildman–Crippen LogP) is 3.65.